The van der Waals surface area contributed by atoms with Crippen molar-refractivity contribution >= 4 is 32.9 Å². The number of carbonyl (C=O) groups is 1. The molecule has 134 valence electrons. The second-order valence-electron chi connectivity index (χ2n) is 6.05. The molecule has 0 aliphatic heterocycles. The Morgan fingerprint density at radius 1 is 1.00 bits per heavy atom. The van der Waals surface area contributed by atoms with Crippen LogP contribution in [0.5, 0.6) is 0 Å². The second kappa shape index (κ2) is 7.72. The highest BCUT2D eigenvalue weighted by Crippen LogP contribution is 2.24. The van der Waals surface area contributed by atoms with E-state index in [4.69, 9.17) is 4.98 Å². The van der Waals surface area contributed by atoms with Gasteiger partial charge in [0.05, 0.1) is 16.6 Å². The van der Waals surface area contributed by atoms with E-state index in [1.165, 1.54) is 0 Å². The molecule has 0 atom stereocenters. The van der Waals surface area contributed by atoms with Gasteiger partial charge in [-0.25, -0.2) is 4.98 Å². The van der Waals surface area contributed by atoms with Gasteiger partial charge in [-0.05, 0) is 52.3 Å². The van der Waals surface area contributed by atoms with Crippen molar-refractivity contribution in [2.24, 2.45) is 0 Å². The van der Waals surface area contributed by atoms with Crippen LogP contribution in [-0.2, 0) is 6.54 Å². The fraction of sp³-hybridized carbons (Fsp3) is 0.0952. The number of halogens is 1. The van der Waals surface area contributed by atoms with Gasteiger partial charge >= 0.3 is 0 Å². The molecule has 0 saturated carbocycles. The minimum atomic E-state index is -0.0997. The number of aromatic nitrogens is 3. The lowest BCUT2D eigenvalue weighted by atomic mass is 10.2. The summed E-state index contributed by atoms with van der Waals surface area (Å²) in [4.78, 5) is 21.3. The zero-order valence-electron chi connectivity index (χ0n) is 14.5. The van der Waals surface area contributed by atoms with E-state index in [0.717, 1.165) is 26.9 Å². The van der Waals surface area contributed by atoms with E-state index in [1.807, 2.05) is 54.6 Å². The van der Waals surface area contributed by atoms with Crippen molar-refractivity contribution in [3.05, 3.63) is 83.1 Å². The second-order valence-corrected chi connectivity index (χ2v) is 6.90. The zero-order valence-corrected chi connectivity index (χ0v) is 16.1. The lowest BCUT2D eigenvalue weighted by molar-refractivity contribution is 0.0951. The van der Waals surface area contributed by atoms with Crippen LogP contribution in [0.2, 0.25) is 0 Å². The zero-order chi connectivity index (χ0) is 18.6. The number of rotatable bonds is 5. The summed E-state index contributed by atoms with van der Waals surface area (Å²) in [6.45, 7) is 1.12. The maximum atomic E-state index is 12.4. The smallest absolute Gasteiger partial charge is 0.252 e. The number of hydrogen-bond acceptors (Lipinski definition) is 3. The number of para-hydroxylation sites is 2. The van der Waals surface area contributed by atoms with E-state index in [0.29, 0.717) is 18.7 Å². The first-order valence-corrected chi connectivity index (χ1v) is 9.42. The van der Waals surface area contributed by atoms with E-state index in [-0.39, 0.29) is 5.91 Å². The summed E-state index contributed by atoms with van der Waals surface area (Å²) in [6.07, 6.45) is 3.52. The van der Waals surface area contributed by atoms with Crippen molar-refractivity contribution < 1.29 is 4.79 Å². The number of pyridine rings is 1. The van der Waals surface area contributed by atoms with Gasteiger partial charge in [0, 0.05) is 35.5 Å². The Morgan fingerprint density at radius 3 is 2.56 bits per heavy atom. The lowest BCUT2D eigenvalue weighted by Gasteiger charge is -2.11. The van der Waals surface area contributed by atoms with E-state index in [2.05, 4.69) is 30.8 Å². The van der Waals surface area contributed by atoms with Gasteiger partial charge in [0.1, 0.15) is 5.82 Å². The predicted octanol–water partition coefficient (Wildman–Crippen LogP) is 4.29. The fourth-order valence-electron chi connectivity index (χ4n) is 3.05. The van der Waals surface area contributed by atoms with Gasteiger partial charge in [-0.3, -0.25) is 9.78 Å². The van der Waals surface area contributed by atoms with Gasteiger partial charge in [-0.2, -0.15) is 0 Å². The molecule has 4 rings (SSSR count). The largest absolute Gasteiger partial charge is 0.350 e. The van der Waals surface area contributed by atoms with E-state index in [1.54, 1.807) is 18.5 Å². The van der Waals surface area contributed by atoms with Crippen molar-refractivity contribution in [3.8, 4) is 11.4 Å². The first kappa shape index (κ1) is 17.4. The van der Waals surface area contributed by atoms with Crippen LogP contribution >= 0.6 is 15.9 Å². The van der Waals surface area contributed by atoms with Crippen molar-refractivity contribution in [3.63, 3.8) is 0 Å². The van der Waals surface area contributed by atoms with Crippen LogP contribution in [0.25, 0.3) is 22.4 Å². The number of imidazole rings is 1. The predicted molar refractivity (Wildman–Crippen MR) is 109 cm³/mol. The number of nitrogens with one attached hydrogen (secondary N) is 1. The van der Waals surface area contributed by atoms with Crippen LogP contribution < -0.4 is 5.32 Å². The SMILES string of the molecule is O=C(NCCn1c(-c2ccncc2)nc2ccccc21)c1ccccc1Br. The van der Waals surface area contributed by atoms with Crippen LogP contribution in [0.4, 0.5) is 0 Å². The van der Waals surface area contributed by atoms with Crippen LogP contribution in [0.1, 0.15) is 10.4 Å². The third-order valence-corrected chi connectivity index (χ3v) is 5.02. The van der Waals surface area contributed by atoms with Gasteiger partial charge in [0.25, 0.3) is 5.91 Å². The molecule has 4 aromatic rings. The Balaban J connectivity index is 1.58. The molecule has 27 heavy (non-hydrogen) atoms. The molecular formula is C21H17BrN4O. The monoisotopic (exact) mass is 420 g/mol. The summed E-state index contributed by atoms with van der Waals surface area (Å²) < 4.78 is 2.92. The first-order valence-electron chi connectivity index (χ1n) is 8.62. The molecule has 0 bridgehead atoms. The molecule has 2 aromatic heterocycles. The van der Waals surface area contributed by atoms with Crippen LogP contribution in [0.15, 0.2) is 77.5 Å². The molecule has 0 spiro atoms. The van der Waals surface area contributed by atoms with Crippen LogP contribution in [0.3, 0.4) is 0 Å². The lowest BCUT2D eigenvalue weighted by Crippen LogP contribution is -2.27. The summed E-state index contributed by atoms with van der Waals surface area (Å²) in [6, 6.07) is 19.3. The van der Waals surface area contributed by atoms with E-state index in [9.17, 15) is 4.79 Å². The molecular weight excluding hydrogens is 404 g/mol. The normalized spacial score (nSPS) is 10.9. The number of carbonyl (C=O) groups excluding carboxylic acids is 1. The molecule has 0 aliphatic carbocycles. The molecule has 0 unspecified atom stereocenters. The van der Waals surface area contributed by atoms with E-state index >= 15 is 0 Å². The summed E-state index contributed by atoms with van der Waals surface area (Å²) in [5, 5.41) is 2.99. The first-order chi connectivity index (χ1) is 13.2. The summed E-state index contributed by atoms with van der Waals surface area (Å²) >= 11 is 3.42. The topological polar surface area (TPSA) is 59.8 Å². The van der Waals surface area contributed by atoms with Gasteiger partial charge in [0.2, 0.25) is 0 Å². The number of fused-ring (bicyclic) bond motifs is 1. The molecule has 0 aliphatic rings. The van der Waals surface area contributed by atoms with Gasteiger partial charge < -0.3 is 9.88 Å². The molecule has 2 heterocycles. The summed E-state index contributed by atoms with van der Waals surface area (Å²) in [5.74, 6) is 0.770. The van der Waals surface area contributed by atoms with Crippen molar-refractivity contribution in [2.45, 2.75) is 6.54 Å². The molecule has 1 amide bonds. The highest BCUT2D eigenvalue weighted by atomic mass is 79.9. The van der Waals surface area contributed by atoms with Crippen molar-refractivity contribution in [2.75, 3.05) is 6.54 Å². The number of nitrogens with zero attached hydrogens (tertiary/aromatic N) is 3. The highest BCUT2D eigenvalue weighted by molar-refractivity contribution is 9.10. The third kappa shape index (κ3) is 3.61. The Labute approximate surface area is 165 Å². The number of amides is 1. The van der Waals surface area contributed by atoms with E-state index < -0.39 is 0 Å². The molecule has 0 radical (unpaired) electrons. The average Bonchev–Trinajstić information content (AvgIpc) is 3.08. The minimum absolute atomic E-state index is 0.0997. The van der Waals surface area contributed by atoms with Crippen LogP contribution in [-0.4, -0.2) is 27.0 Å². The Kier molecular flexibility index (Phi) is 4.98. The Bertz CT molecular complexity index is 1090. The van der Waals surface area contributed by atoms with Gasteiger partial charge in [-0.15, -0.1) is 0 Å². The van der Waals surface area contributed by atoms with Gasteiger partial charge in [-0.1, -0.05) is 24.3 Å². The molecule has 1 N–H and O–H groups in total. The minimum Gasteiger partial charge on any atom is -0.350 e. The maximum absolute atomic E-state index is 12.4. The van der Waals surface area contributed by atoms with Crippen LogP contribution in [0, 0.1) is 0 Å². The van der Waals surface area contributed by atoms with Crippen molar-refractivity contribution in [1.82, 2.24) is 19.9 Å². The Morgan fingerprint density at radius 2 is 1.74 bits per heavy atom. The highest BCUT2D eigenvalue weighted by Gasteiger charge is 2.13. The molecule has 0 fully saturated rings. The fourth-order valence-corrected chi connectivity index (χ4v) is 3.51. The third-order valence-electron chi connectivity index (χ3n) is 4.33. The standard InChI is InChI=1S/C21H17BrN4O/c22-17-6-2-1-5-16(17)21(27)24-13-14-26-19-8-4-3-7-18(19)25-20(26)15-9-11-23-12-10-15/h1-12H,13-14H2,(H,24,27). The molecule has 6 heteroatoms. The molecule has 5 nitrogen and oxygen atoms in total. The van der Waals surface area contributed by atoms with Gasteiger partial charge in [0.15, 0.2) is 0 Å². The number of benzene rings is 2. The summed E-state index contributed by atoms with van der Waals surface area (Å²) in [7, 11) is 0. The average molecular weight is 421 g/mol. The quantitative estimate of drug-likeness (QED) is 0.523. The molecule has 0 saturated heterocycles. The Hall–Kier alpha value is -2.99. The number of hydrogen-bond donors (Lipinski definition) is 1. The van der Waals surface area contributed by atoms with Crippen molar-refractivity contribution in [1.29, 1.82) is 0 Å². The maximum Gasteiger partial charge on any atom is 0.252 e. The molecule has 2 aromatic carbocycles. The summed E-state index contributed by atoms with van der Waals surface area (Å²) in [5.41, 5.74) is 3.60.